The summed E-state index contributed by atoms with van der Waals surface area (Å²) < 4.78 is 10.3. The van der Waals surface area contributed by atoms with Crippen molar-refractivity contribution in [3.05, 3.63) is 71.5 Å². The second kappa shape index (κ2) is 6.58. The Kier molecular flexibility index (Phi) is 4.33. The molecule has 0 bridgehead atoms. The van der Waals surface area contributed by atoms with Crippen molar-refractivity contribution in [2.75, 3.05) is 7.11 Å². The SMILES string of the molecule is COc1ccc(C=C2OC(=O)N([C@H](C)c3ccccc3)C2=O)cc1. The summed E-state index contributed by atoms with van der Waals surface area (Å²) in [6.07, 6.45) is 0.897. The van der Waals surface area contributed by atoms with E-state index in [0.717, 1.165) is 16.0 Å². The summed E-state index contributed by atoms with van der Waals surface area (Å²) >= 11 is 0. The minimum absolute atomic E-state index is 0.0212. The topological polar surface area (TPSA) is 55.8 Å². The molecular weight excluding hydrogens is 306 g/mol. The van der Waals surface area contributed by atoms with Crippen LogP contribution in [0.3, 0.4) is 0 Å². The van der Waals surface area contributed by atoms with E-state index in [1.807, 2.05) is 30.3 Å². The molecule has 0 aliphatic carbocycles. The summed E-state index contributed by atoms with van der Waals surface area (Å²) in [6.45, 7) is 1.80. The van der Waals surface area contributed by atoms with Gasteiger partial charge in [0.1, 0.15) is 5.75 Å². The van der Waals surface area contributed by atoms with Crippen LogP contribution in [0.4, 0.5) is 4.79 Å². The standard InChI is InChI=1S/C19H17NO4/c1-13(15-6-4-3-5-7-15)20-18(21)17(24-19(20)22)12-14-8-10-16(23-2)11-9-14/h3-13H,1-2H3/t13-/m1/s1. The van der Waals surface area contributed by atoms with Crippen LogP contribution in [0.1, 0.15) is 24.1 Å². The second-order valence-corrected chi connectivity index (χ2v) is 5.41. The van der Waals surface area contributed by atoms with Crippen molar-refractivity contribution in [1.29, 1.82) is 0 Å². The predicted molar refractivity (Wildman–Crippen MR) is 89.2 cm³/mol. The first-order valence-corrected chi connectivity index (χ1v) is 7.56. The molecule has 5 nitrogen and oxygen atoms in total. The summed E-state index contributed by atoms with van der Waals surface area (Å²) in [5.74, 6) is 0.298. The quantitative estimate of drug-likeness (QED) is 0.804. The fourth-order valence-electron chi connectivity index (χ4n) is 2.55. The highest BCUT2D eigenvalue weighted by Crippen LogP contribution is 2.29. The fraction of sp³-hybridized carbons (Fsp3) is 0.158. The lowest BCUT2D eigenvalue weighted by atomic mass is 10.1. The summed E-state index contributed by atoms with van der Waals surface area (Å²) in [4.78, 5) is 25.8. The van der Waals surface area contributed by atoms with Crippen molar-refractivity contribution in [3.63, 3.8) is 0 Å². The van der Waals surface area contributed by atoms with Gasteiger partial charge in [0.15, 0.2) is 5.76 Å². The first kappa shape index (κ1) is 15.8. The summed E-state index contributed by atoms with van der Waals surface area (Å²) in [7, 11) is 1.58. The van der Waals surface area contributed by atoms with E-state index in [2.05, 4.69) is 0 Å². The minimum atomic E-state index is -0.656. The van der Waals surface area contributed by atoms with Crippen LogP contribution < -0.4 is 4.74 Å². The van der Waals surface area contributed by atoms with Gasteiger partial charge in [-0.1, -0.05) is 42.5 Å². The maximum Gasteiger partial charge on any atom is 0.423 e. The molecule has 2 aromatic carbocycles. The number of carbonyl (C=O) groups is 2. The Morgan fingerprint density at radius 1 is 1.04 bits per heavy atom. The Hall–Kier alpha value is -3.08. The Balaban J connectivity index is 1.84. The molecule has 0 unspecified atom stereocenters. The normalized spacial score (nSPS) is 17.1. The van der Waals surface area contributed by atoms with Gasteiger partial charge in [-0.25, -0.2) is 9.69 Å². The third-order valence-electron chi connectivity index (χ3n) is 3.91. The minimum Gasteiger partial charge on any atom is -0.497 e. The monoisotopic (exact) mass is 323 g/mol. The van der Waals surface area contributed by atoms with E-state index >= 15 is 0 Å². The lowest BCUT2D eigenvalue weighted by Crippen LogP contribution is -2.31. The number of hydrogen-bond acceptors (Lipinski definition) is 4. The molecule has 1 atom stereocenters. The molecule has 0 radical (unpaired) electrons. The second-order valence-electron chi connectivity index (χ2n) is 5.41. The molecule has 0 saturated carbocycles. The number of benzene rings is 2. The number of methoxy groups -OCH3 is 1. The summed E-state index contributed by atoms with van der Waals surface area (Å²) in [5.41, 5.74) is 1.62. The Morgan fingerprint density at radius 2 is 1.71 bits per heavy atom. The molecule has 24 heavy (non-hydrogen) atoms. The third kappa shape index (κ3) is 3.01. The molecular formula is C19H17NO4. The molecule has 1 fully saturated rings. The molecule has 1 aliphatic rings. The molecule has 1 aliphatic heterocycles. The predicted octanol–water partition coefficient (Wildman–Crippen LogP) is 3.78. The number of ether oxygens (including phenoxy) is 2. The lowest BCUT2D eigenvalue weighted by molar-refractivity contribution is -0.124. The van der Waals surface area contributed by atoms with E-state index in [0.29, 0.717) is 5.75 Å². The molecule has 3 rings (SSSR count). The molecule has 0 spiro atoms. The maximum atomic E-state index is 12.5. The number of nitrogens with zero attached hydrogens (tertiary/aromatic N) is 1. The first-order chi connectivity index (χ1) is 11.6. The number of hydrogen-bond donors (Lipinski definition) is 0. The van der Waals surface area contributed by atoms with Gasteiger partial charge in [0.25, 0.3) is 5.91 Å². The molecule has 0 N–H and O–H groups in total. The van der Waals surface area contributed by atoms with Crippen molar-refractivity contribution in [2.45, 2.75) is 13.0 Å². The number of rotatable bonds is 4. The first-order valence-electron chi connectivity index (χ1n) is 7.56. The van der Waals surface area contributed by atoms with Crippen LogP contribution >= 0.6 is 0 Å². The highest BCUT2D eigenvalue weighted by atomic mass is 16.6. The molecule has 122 valence electrons. The average Bonchev–Trinajstić information content (AvgIpc) is 2.89. The van der Waals surface area contributed by atoms with E-state index in [1.165, 1.54) is 0 Å². The molecule has 5 heteroatoms. The zero-order valence-corrected chi connectivity index (χ0v) is 13.4. The van der Waals surface area contributed by atoms with Gasteiger partial charge in [-0.05, 0) is 36.3 Å². The molecule has 2 aromatic rings. The zero-order chi connectivity index (χ0) is 17.1. The Labute approximate surface area is 140 Å². The maximum absolute atomic E-state index is 12.5. The van der Waals surface area contributed by atoms with Gasteiger partial charge in [-0.2, -0.15) is 0 Å². The van der Waals surface area contributed by atoms with Crippen molar-refractivity contribution in [1.82, 2.24) is 4.90 Å². The van der Waals surface area contributed by atoms with Crippen LogP contribution in [0.25, 0.3) is 6.08 Å². The number of cyclic esters (lactones) is 1. The number of amides is 2. The van der Waals surface area contributed by atoms with E-state index in [9.17, 15) is 9.59 Å². The van der Waals surface area contributed by atoms with Crippen LogP contribution in [0.2, 0.25) is 0 Å². The molecule has 2 amide bonds. The van der Waals surface area contributed by atoms with Crippen molar-refractivity contribution in [2.24, 2.45) is 0 Å². The van der Waals surface area contributed by atoms with Crippen LogP contribution in [0, 0.1) is 0 Å². The average molecular weight is 323 g/mol. The van der Waals surface area contributed by atoms with E-state index < -0.39 is 18.0 Å². The summed E-state index contributed by atoms with van der Waals surface area (Å²) in [5, 5.41) is 0. The number of carbonyl (C=O) groups excluding carboxylic acids is 2. The van der Waals surface area contributed by atoms with Gasteiger partial charge < -0.3 is 9.47 Å². The molecule has 1 heterocycles. The smallest absolute Gasteiger partial charge is 0.423 e. The summed E-state index contributed by atoms with van der Waals surface area (Å²) in [6, 6.07) is 16.1. The number of imide groups is 1. The van der Waals surface area contributed by atoms with Crippen molar-refractivity contribution in [3.8, 4) is 5.75 Å². The highest BCUT2D eigenvalue weighted by Gasteiger charge is 2.40. The van der Waals surface area contributed by atoms with Gasteiger partial charge in [0.2, 0.25) is 0 Å². The van der Waals surface area contributed by atoms with Gasteiger partial charge in [-0.3, -0.25) is 4.79 Å². The van der Waals surface area contributed by atoms with E-state index in [-0.39, 0.29) is 5.76 Å². The third-order valence-corrected chi connectivity index (χ3v) is 3.91. The zero-order valence-electron chi connectivity index (χ0n) is 13.4. The fourth-order valence-corrected chi connectivity index (χ4v) is 2.55. The van der Waals surface area contributed by atoms with Crippen LogP contribution in [0.15, 0.2) is 60.4 Å². The van der Waals surface area contributed by atoms with Crippen molar-refractivity contribution >= 4 is 18.1 Å². The van der Waals surface area contributed by atoms with Crippen molar-refractivity contribution < 1.29 is 19.1 Å². The highest BCUT2D eigenvalue weighted by molar-refractivity contribution is 6.10. The van der Waals surface area contributed by atoms with Gasteiger partial charge in [0.05, 0.1) is 13.2 Å². The van der Waals surface area contributed by atoms with Crippen LogP contribution in [0.5, 0.6) is 5.75 Å². The Bertz CT molecular complexity index is 781. The van der Waals surface area contributed by atoms with Crippen LogP contribution in [-0.4, -0.2) is 24.0 Å². The van der Waals surface area contributed by atoms with E-state index in [4.69, 9.17) is 9.47 Å². The van der Waals surface area contributed by atoms with Gasteiger partial charge in [-0.15, -0.1) is 0 Å². The van der Waals surface area contributed by atoms with Gasteiger partial charge in [0, 0.05) is 0 Å². The molecule has 0 aromatic heterocycles. The Morgan fingerprint density at radius 3 is 2.33 bits per heavy atom. The largest absolute Gasteiger partial charge is 0.497 e. The van der Waals surface area contributed by atoms with E-state index in [1.54, 1.807) is 44.4 Å². The van der Waals surface area contributed by atoms with Crippen LogP contribution in [-0.2, 0) is 9.53 Å². The lowest BCUT2D eigenvalue weighted by Gasteiger charge is -2.19. The van der Waals surface area contributed by atoms with Gasteiger partial charge >= 0.3 is 6.09 Å². The molecule has 1 saturated heterocycles.